The monoisotopic (exact) mass is 396 g/mol. The van der Waals surface area contributed by atoms with Crippen LogP contribution in [0.2, 0.25) is 0 Å². The van der Waals surface area contributed by atoms with Crippen molar-refractivity contribution < 1.29 is 18.9 Å². The number of nitrogens with zero attached hydrogens (tertiary/aromatic N) is 2. The van der Waals surface area contributed by atoms with Gasteiger partial charge in [0.15, 0.2) is 11.5 Å². The number of methoxy groups -OCH3 is 4. The lowest BCUT2D eigenvalue weighted by atomic mass is 10.2. The van der Waals surface area contributed by atoms with Gasteiger partial charge in [-0.05, 0) is 29.8 Å². The van der Waals surface area contributed by atoms with Crippen molar-refractivity contribution in [2.24, 2.45) is 0 Å². The molecule has 1 aromatic heterocycles. The lowest BCUT2D eigenvalue weighted by Crippen LogP contribution is -2.04. The lowest BCUT2D eigenvalue weighted by Gasteiger charge is -2.13. The minimum Gasteiger partial charge on any atom is -0.497 e. The zero-order valence-electron chi connectivity index (χ0n) is 16.9. The zero-order valence-corrected chi connectivity index (χ0v) is 16.9. The number of aromatic nitrogens is 2. The Labute approximate surface area is 169 Å². The van der Waals surface area contributed by atoms with E-state index in [4.69, 9.17) is 18.9 Å². The molecule has 0 aliphatic heterocycles. The third-order valence-electron chi connectivity index (χ3n) is 4.26. The van der Waals surface area contributed by atoms with Crippen LogP contribution >= 0.6 is 0 Å². The molecular formula is C21H24N4O4. The van der Waals surface area contributed by atoms with Gasteiger partial charge in [-0.25, -0.2) is 9.97 Å². The molecule has 0 spiro atoms. The predicted octanol–water partition coefficient (Wildman–Crippen LogP) is 3.87. The zero-order chi connectivity index (χ0) is 20.6. The fourth-order valence-corrected chi connectivity index (χ4v) is 2.76. The summed E-state index contributed by atoms with van der Waals surface area (Å²) in [5, 5.41) is 6.52. The van der Waals surface area contributed by atoms with Gasteiger partial charge in [-0.15, -0.1) is 0 Å². The minimum atomic E-state index is 0.569. The van der Waals surface area contributed by atoms with E-state index in [0.29, 0.717) is 41.2 Å². The van der Waals surface area contributed by atoms with Gasteiger partial charge in [0.1, 0.15) is 29.5 Å². The average Bonchev–Trinajstić information content (AvgIpc) is 2.77. The Morgan fingerprint density at radius 1 is 0.724 bits per heavy atom. The second-order valence-corrected chi connectivity index (χ2v) is 6.02. The number of hydrogen-bond donors (Lipinski definition) is 2. The molecule has 3 rings (SSSR count). The number of nitrogens with one attached hydrogen (secondary N) is 2. The van der Waals surface area contributed by atoms with Crippen molar-refractivity contribution in [3.63, 3.8) is 0 Å². The van der Waals surface area contributed by atoms with Crippen LogP contribution in [-0.2, 0) is 6.54 Å². The van der Waals surface area contributed by atoms with E-state index < -0.39 is 0 Å². The van der Waals surface area contributed by atoms with Crippen LogP contribution in [0.3, 0.4) is 0 Å². The quantitative estimate of drug-likeness (QED) is 0.564. The molecule has 29 heavy (non-hydrogen) atoms. The molecule has 8 nitrogen and oxygen atoms in total. The summed E-state index contributed by atoms with van der Waals surface area (Å²) in [7, 11) is 6.46. The van der Waals surface area contributed by atoms with Crippen LogP contribution in [-0.4, -0.2) is 38.4 Å². The Morgan fingerprint density at radius 3 is 2.17 bits per heavy atom. The van der Waals surface area contributed by atoms with Crippen LogP contribution in [0.1, 0.15) is 5.56 Å². The molecule has 0 saturated heterocycles. The van der Waals surface area contributed by atoms with Gasteiger partial charge < -0.3 is 29.6 Å². The second-order valence-electron chi connectivity index (χ2n) is 6.02. The molecule has 0 bridgehead atoms. The number of anilines is 3. The first-order valence-electron chi connectivity index (χ1n) is 8.92. The normalized spacial score (nSPS) is 10.2. The topological polar surface area (TPSA) is 86.8 Å². The maximum atomic E-state index is 5.39. The van der Waals surface area contributed by atoms with Crippen LogP contribution in [0.25, 0.3) is 0 Å². The van der Waals surface area contributed by atoms with Crippen molar-refractivity contribution in [2.75, 3.05) is 39.1 Å². The number of hydrogen-bond acceptors (Lipinski definition) is 8. The maximum Gasteiger partial charge on any atom is 0.161 e. The molecule has 2 N–H and O–H groups in total. The van der Waals surface area contributed by atoms with Crippen LogP contribution in [0.5, 0.6) is 23.0 Å². The summed E-state index contributed by atoms with van der Waals surface area (Å²) < 4.78 is 21.3. The Hall–Kier alpha value is -3.68. The highest BCUT2D eigenvalue weighted by molar-refractivity contribution is 5.67. The molecular weight excluding hydrogens is 372 g/mol. The summed E-state index contributed by atoms with van der Waals surface area (Å²) in [6.07, 6.45) is 1.49. The highest BCUT2D eigenvalue weighted by Gasteiger charge is 2.08. The van der Waals surface area contributed by atoms with E-state index in [1.807, 2.05) is 42.5 Å². The highest BCUT2D eigenvalue weighted by atomic mass is 16.5. The SMILES string of the molecule is COc1ccc(OC)c(Nc2cc(NCc3ccc(OC)c(OC)c3)ncn2)c1. The molecule has 0 radical (unpaired) electrons. The average molecular weight is 396 g/mol. The number of ether oxygens (including phenoxy) is 4. The van der Waals surface area contributed by atoms with Crippen LogP contribution in [0.4, 0.5) is 17.3 Å². The first kappa shape index (κ1) is 20.1. The molecule has 0 saturated carbocycles. The van der Waals surface area contributed by atoms with E-state index in [1.165, 1.54) is 6.33 Å². The Morgan fingerprint density at radius 2 is 1.45 bits per heavy atom. The van der Waals surface area contributed by atoms with E-state index in [0.717, 1.165) is 11.3 Å². The predicted molar refractivity (Wildman–Crippen MR) is 112 cm³/mol. The van der Waals surface area contributed by atoms with Crippen molar-refractivity contribution in [1.29, 1.82) is 0 Å². The molecule has 0 aliphatic carbocycles. The fraction of sp³-hybridized carbons (Fsp3) is 0.238. The number of benzene rings is 2. The van der Waals surface area contributed by atoms with Crippen molar-refractivity contribution in [1.82, 2.24) is 9.97 Å². The van der Waals surface area contributed by atoms with E-state index in [-0.39, 0.29) is 0 Å². The summed E-state index contributed by atoms with van der Waals surface area (Å²) in [4.78, 5) is 8.55. The van der Waals surface area contributed by atoms with Gasteiger partial charge in [0.2, 0.25) is 0 Å². The maximum absolute atomic E-state index is 5.39. The smallest absolute Gasteiger partial charge is 0.161 e. The van der Waals surface area contributed by atoms with Gasteiger partial charge in [-0.1, -0.05) is 6.07 Å². The third-order valence-corrected chi connectivity index (χ3v) is 4.26. The van der Waals surface area contributed by atoms with Crippen LogP contribution in [0, 0.1) is 0 Å². The lowest BCUT2D eigenvalue weighted by molar-refractivity contribution is 0.354. The molecule has 1 heterocycles. The van der Waals surface area contributed by atoms with Gasteiger partial charge >= 0.3 is 0 Å². The molecule has 0 fully saturated rings. The van der Waals surface area contributed by atoms with E-state index in [9.17, 15) is 0 Å². The van der Waals surface area contributed by atoms with Crippen LogP contribution in [0.15, 0.2) is 48.8 Å². The van der Waals surface area contributed by atoms with E-state index in [1.54, 1.807) is 28.4 Å². The van der Waals surface area contributed by atoms with Gasteiger partial charge in [0.25, 0.3) is 0 Å². The Balaban J connectivity index is 1.72. The van der Waals surface area contributed by atoms with Crippen molar-refractivity contribution in [3.8, 4) is 23.0 Å². The summed E-state index contributed by atoms with van der Waals surface area (Å²) in [6.45, 7) is 0.569. The molecule has 2 aromatic carbocycles. The van der Waals surface area contributed by atoms with E-state index >= 15 is 0 Å². The largest absolute Gasteiger partial charge is 0.497 e. The standard InChI is InChI=1S/C21H24N4O4/c1-26-15-6-8-17(27-2)16(10-15)25-21-11-20(23-13-24-21)22-12-14-5-7-18(28-3)19(9-14)29-4/h5-11,13H,12H2,1-4H3,(H2,22,23,24,25). The Kier molecular flexibility index (Phi) is 6.57. The molecule has 8 heteroatoms. The highest BCUT2D eigenvalue weighted by Crippen LogP contribution is 2.31. The van der Waals surface area contributed by atoms with Gasteiger partial charge in [-0.2, -0.15) is 0 Å². The Bertz CT molecular complexity index is 965. The van der Waals surface area contributed by atoms with Gasteiger partial charge in [0, 0.05) is 18.7 Å². The molecule has 152 valence electrons. The fourth-order valence-electron chi connectivity index (χ4n) is 2.76. The second kappa shape index (κ2) is 9.50. The van der Waals surface area contributed by atoms with Gasteiger partial charge in [-0.3, -0.25) is 0 Å². The molecule has 0 amide bonds. The van der Waals surface area contributed by atoms with Crippen molar-refractivity contribution in [3.05, 3.63) is 54.4 Å². The first-order valence-corrected chi connectivity index (χ1v) is 8.92. The summed E-state index contributed by atoms with van der Waals surface area (Å²) in [5.74, 6) is 4.08. The molecule has 0 unspecified atom stereocenters. The van der Waals surface area contributed by atoms with Gasteiger partial charge in [0.05, 0.1) is 34.1 Å². The third kappa shape index (κ3) is 4.98. The summed E-state index contributed by atoms with van der Waals surface area (Å²) in [6, 6.07) is 13.1. The van der Waals surface area contributed by atoms with Crippen molar-refractivity contribution >= 4 is 17.3 Å². The summed E-state index contributed by atoms with van der Waals surface area (Å²) in [5.41, 5.74) is 1.78. The van der Waals surface area contributed by atoms with E-state index in [2.05, 4.69) is 20.6 Å². The molecule has 0 atom stereocenters. The molecule has 3 aromatic rings. The first-order chi connectivity index (χ1) is 14.2. The summed E-state index contributed by atoms with van der Waals surface area (Å²) >= 11 is 0. The molecule has 0 aliphatic rings. The van der Waals surface area contributed by atoms with Crippen LogP contribution < -0.4 is 29.6 Å². The minimum absolute atomic E-state index is 0.569. The number of rotatable bonds is 9. The van der Waals surface area contributed by atoms with Crippen molar-refractivity contribution in [2.45, 2.75) is 6.54 Å².